The van der Waals surface area contributed by atoms with Gasteiger partial charge in [0.2, 0.25) is 5.91 Å². The van der Waals surface area contributed by atoms with Crippen LogP contribution in [0, 0.1) is 6.92 Å². The molecule has 0 aliphatic heterocycles. The summed E-state index contributed by atoms with van der Waals surface area (Å²) in [5.41, 5.74) is 4.40. The predicted molar refractivity (Wildman–Crippen MR) is 116 cm³/mol. The van der Waals surface area contributed by atoms with E-state index in [1.807, 2.05) is 37.3 Å². The molecule has 2 aromatic rings. The van der Waals surface area contributed by atoms with Gasteiger partial charge < -0.3 is 15.5 Å². The first kappa shape index (κ1) is 21.3. The second-order valence-electron chi connectivity index (χ2n) is 6.60. The van der Waals surface area contributed by atoms with Crippen LogP contribution < -0.4 is 15.5 Å². The summed E-state index contributed by atoms with van der Waals surface area (Å²) >= 11 is 5.88. The number of carbonyl (C=O) groups excluding carboxylic acids is 1. The highest BCUT2D eigenvalue weighted by Gasteiger charge is 2.08. The highest BCUT2D eigenvalue weighted by molar-refractivity contribution is 6.30. The number of hydrogen-bond acceptors (Lipinski definition) is 3. The molecule has 0 heterocycles. The summed E-state index contributed by atoms with van der Waals surface area (Å²) in [5.74, 6) is 0.0349. The smallest absolute Gasteiger partial charge is 0.225 e. The third-order valence-electron chi connectivity index (χ3n) is 4.65. The number of rotatable bonds is 10. The summed E-state index contributed by atoms with van der Waals surface area (Å²) in [6.07, 6.45) is 1.38. The van der Waals surface area contributed by atoms with E-state index in [0.29, 0.717) is 13.0 Å². The minimum absolute atomic E-state index is 0.0349. The van der Waals surface area contributed by atoms with Gasteiger partial charge in [-0.15, -0.1) is 0 Å². The minimum Gasteiger partial charge on any atom is -0.372 e. The van der Waals surface area contributed by atoms with Crippen molar-refractivity contribution in [1.82, 2.24) is 5.32 Å². The van der Waals surface area contributed by atoms with Crippen LogP contribution in [0.1, 0.15) is 31.4 Å². The van der Waals surface area contributed by atoms with E-state index in [1.165, 1.54) is 11.3 Å². The molecule has 0 radical (unpaired) electrons. The van der Waals surface area contributed by atoms with Crippen molar-refractivity contribution in [2.75, 3.05) is 36.4 Å². The average molecular weight is 388 g/mol. The standard InChI is InChI=1S/C22H30ClN3O/c1-4-26(5-2)20-10-11-21(17(3)16-20)25-22(27)13-15-24-14-12-18-6-8-19(23)9-7-18/h6-11,16,24H,4-5,12-15H2,1-3H3,(H,25,27). The monoisotopic (exact) mass is 387 g/mol. The molecule has 0 bridgehead atoms. The highest BCUT2D eigenvalue weighted by Crippen LogP contribution is 2.22. The summed E-state index contributed by atoms with van der Waals surface area (Å²) in [6.45, 7) is 9.78. The molecular weight excluding hydrogens is 358 g/mol. The van der Waals surface area contributed by atoms with Gasteiger partial charge in [0, 0.05) is 42.5 Å². The predicted octanol–water partition coefficient (Wildman–Crippen LogP) is 4.66. The molecule has 2 aromatic carbocycles. The molecule has 0 fully saturated rings. The summed E-state index contributed by atoms with van der Waals surface area (Å²) in [4.78, 5) is 14.5. The van der Waals surface area contributed by atoms with E-state index in [0.717, 1.165) is 42.3 Å². The van der Waals surface area contributed by atoms with Crippen molar-refractivity contribution in [3.8, 4) is 0 Å². The van der Waals surface area contributed by atoms with Gasteiger partial charge in [0.05, 0.1) is 0 Å². The summed E-state index contributed by atoms with van der Waals surface area (Å²) < 4.78 is 0. The number of anilines is 2. The minimum atomic E-state index is 0.0349. The second kappa shape index (κ2) is 11.0. The number of nitrogens with zero attached hydrogens (tertiary/aromatic N) is 1. The first-order valence-electron chi connectivity index (χ1n) is 9.64. The lowest BCUT2D eigenvalue weighted by Gasteiger charge is -2.22. The molecule has 0 spiro atoms. The third-order valence-corrected chi connectivity index (χ3v) is 4.90. The third kappa shape index (κ3) is 6.89. The van der Waals surface area contributed by atoms with Crippen LogP contribution in [0.3, 0.4) is 0 Å². The van der Waals surface area contributed by atoms with Gasteiger partial charge in [0.15, 0.2) is 0 Å². The molecular formula is C22H30ClN3O. The molecule has 0 aromatic heterocycles. The number of nitrogens with one attached hydrogen (secondary N) is 2. The van der Waals surface area contributed by atoms with Crippen molar-refractivity contribution in [1.29, 1.82) is 0 Å². The maximum atomic E-state index is 12.2. The lowest BCUT2D eigenvalue weighted by atomic mass is 10.1. The largest absolute Gasteiger partial charge is 0.372 e. The Bertz CT molecular complexity index is 727. The van der Waals surface area contributed by atoms with E-state index in [9.17, 15) is 4.79 Å². The average Bonchev–Trinajstić information content (AvgIpc) is 2.66. The number of halogens is 1. The fourth-order valence-corrected chi connectivity index (χ4v) is 3.12. The molecule has 2 rings (SSSR count). The zero-order valence-electron chi connectivity index (χ0n) is 16.5. The normalized spacial score (nSPS) is 10.7. The van der Waals surface area contributed by atoms with Gasteiger partial charge in [0.1, 0.15) is 0 Å². The fourth-order valence-electron chi connectivity index (χ4n) is 3.00. The zero-order chi connectivity index (χ0) is 19.6. The van der Waals surface area contributed by atoms with Gasteiger partial charge in [-0.1, -0.05) is 23.7 Å². The Kier molecular flexibility index (Phi) is 8.62. The number of benzene rings is 2. The first-order chi connectivity index (χ1) is 13.0. The highest BCUT2D eigenvalue weighted by atomic mass is 35.5. The van der Waals surface area contributed by atoms with Crippen LogP contribution >= 0.6 is 11.6 Å². The number of hydrogen-bond donors (Lipinski definition) is 2. The van der Waals surface area contributed by atoms with Crippen molar-refractivity contribution in [2.45, 2.75) is 33.6 Å². The SMILES string of the molecule is CCN(CC)c1ccc(NC(=O)CCNCCc2ccc(Cl)cc2)c(C)c1. The Balaban J connectivity index is 1.73. The van der Waals surface area contributed by atoms with Crippen LogP contribution in [-0.2, 0) is 11.2 Å². The van der Waals surface area contributed by atoms with Crippen LogP contribution in [0.25, 0.3) is 0 Å². The maximum Gasteiger partial charge on any atom is 0.225 e. The molecule has 0 atom stereocenters. The van der Waals surface area contributed by atoms with E-state index >= 15 is 0 Å². The van der Waals surface area contributed by atoms with Gasteiger partial charge in [-0.05, 0) is 75.2 Å². The molecule has 5 heteroatoms. The zero-order valence-corrected chi connectivity index (χ0v) is 17.3. The van der Waals surface area contributed by atoms with Gasteiger partial charge in [-0.25, -0.2) is 0 Å². The van der Waals surface area contributed by atoms with Crippen LogP contribution in [0.5, 0.6) is 0 Å². The van der Waals surface area contributed by atoms with E-state index < -0.39 is 0 Å². The molecule has 0 unspecified atom stereocenters. The molecule has 2 N–H and O–H groups in total. The quantitative estimate of drug-likeness (QED) is 0.583. The van der Waals surface area contributed by atoms with Crippen LogP contribution in [0.15, 0.2) is 42.5 Å². The van der Waals surface area contributed by atoms with Crippen molar-refractivity contribution in [3.05, 3.63) is 58.6 Å². The first-order valence-corrected chi connectivity index (χ1v) is 10.0. The Hall–Kier alpha value is -2.04. The summed E-state index contributed by atoms with van der Waals surface area (Å²) in [5, 5.41) is 7.09. The Morgan fingerprint density at radius 2 is 1.74 bits per heavy atom. The summed E-state index contributed by atoms with van der Waals surface area (Å²) in [7, 11) is 0. The van der Waals surface area contributed by atoms with E-state index in [4.69, 9.17) is 11.6 Å². The number of aryl methyl sites for hydroxylation is 1. The summed E-state index contributed by atoms with van der Waals surface area (Å²) in [6, 6.07) is 14.1. The van der Waals surface area contributed by atoms with Gasteiger partial charge >= 0.3 is 0 Å². The van der Waals surface area contributed by atoms with Crippen molar-refractivity contribution in [3.63, 3.8) is 0 Å². The Labute approximate surface area is 167 Å². The van der Waals surface area contributed by atoms with Crippen LogP contribution in [-0.4, -0.2) is 32.1 Å². The second-order valence-corrected chi connectivity index (χ2v) is 7.03. The van der Waals surface area contributed by atoms with Crippen LogP contribution in [0.2, 0.25) is 5.02 Å². The Morgan fingerprint density at radius 3 is 2.37 bits per heavy atom. The van der Waals surface area contributed by atoms with Gasteiger partial charge in [-0.3, -0.25) is 4.79 Å². The molecule has 27 heavy (non-hydrogen) atoms. The molecule has 0 aliphatic rings. The molecule has 146 valence electrons. The maximum absolute atomic E-state index is 12.2. The van der Waals surface area contributed by atoms with Gasteiger partial charge in [-0.2, -0.15) is 0 Å². The molecule has 0 saturated heterocycles. The number of amides is 1. The number of carbonyl (C=O) groups is 1. The van der Waals surface area contributed by atoms with Crippen molar-refractivity contribution >= 4 is 28.9 Å². The Morgan fingerprint density at radius 1 is 1.04 bits per heavy atom. The van der Waals surface area contributed by atoms with E-state index in [-0.39, 0.29) is 5.91 Å². The van der Waals surface area contributed by atoms with Crippen molar-refractivity contribution < 1.29 is 4.79 Å². The molecule has 4 nitrogen and oxygen atoms in total. The molecule has 1 amide bonds. The topological polar surface area (TPSA) is 44.4 Å². The lowest BCUT2D eigenvalue weighted by molar-refractivity contribution is -0.116. The van der Waals surface area contributed by atoms with E-state index in [2.05, 4.69) is 41.5 Å². The van der Waals surface area contributed by atoms with Crippen LogP contribution in [0.4, 0.5) is 11.4 Å². The lowest BCUT2D eigenvalue weighted by Crippen LogP contribution is -2.24. The van der Waals surface area contributed by atoms with Crippen molar-refractivity contribution in [2.24, 2.45) is 0 Å². The fraction of sp³-hybridized carbons (Fsp3) is 0.409. The van der Waals surface area contributed by atoms with E-state index in [1.54, 1.807) is 0 Å². The molecule has 0 saturated carbocycles. The molecule has 0 aliphatic carbocycles. The van der Waals surface area contributed by atoms with Gasteiger partial charge in [0.25, 0.3) is 0 Å².